The number of amides is 2. The van der Waals surface area contributed by atoms with E-state index in [1.54, 1.807) is 25.3 Å². The first-order valence-corrected chi connectivity index (χ1v) is 10.4. The van der Waals surface area contributed by atoms with Crippen molar-refractivity contribution >= 4 is 29.7 Å². The number of phenols is 1. The molecule has 1 atom stereocenters. The molecule has 1 aliphatic rings. The Hall–Kier alpha value is -3.71. The summed E-state index contributed by atoms with van der Waals surface area (Å²) >= 11 is 1.35. The SMILES string of the molecule is COc1ccc(C2S/C(=C/c3ccccc3)C(=O)N2NC(=O)c2ccccc2O)cc1. The van der Waals surface area contributed by atoms with Crippen molar-refractivity contribution < 1.29 is 19.4 Å². The van der Waals surface area contributed by atoms with Gasteiger partial charge >= 0.3 is 0 Å². The molecule has 7 heteroatoms. The number of ether oxygens (including phenoxy) is 1. The molecule has 0 aliphatic carbocycles. The van der Waals surface area contributed by atoms with Crippen LogP contribution in [-0.2, 0) is 4.79 Å². The van der Waals surface area contributed by atoms with E-state index in [9.17, 15) is 14.7 Å². The summed E-state index contributed by atoms with van der Waals surface area (Å²) in [7, 11) is 1.59. The molecule has 1 saturated heterocycles. The van der Waals surface area contributed by atoms with Crippen LogP contribution in [0.1, 0.15) is 26.9 Å². The third-order valence-electron chi connectivity index (χ3n) is 4.77. The number of hydrazine groups is 1. The lowest BCUT2D eigenvalue weighted by molar-refractivity contribution is -0.128. The standard InChI is InChI=1S/C24H20N2O4S/c1-30-18-13-11-17(12-14-18)24-26(25-22(28)19-9-5-6-10-20(19)27)23(29)21(31-24)15-16-7-3-2-4-8-16/h2-15,24,27H,1H3,(H,25,28)/b21-15+. The minimum absolute atomic E-state index is 0.0919. The molecule has 0 aromatic heterocycles. The molecular formula is C24H20N2O4S. The van der Waals surface area contributed by atoms with Crippen molar-refractivity contribution in [3.63, 3.8) is 0 Å². The van der Waals surface area contributed by atoms with Crippen molar-refractivity contribution in [1.82, 2.24) is 10.4 Å². The highest BCUT2D eigenvalue weighted by Crippen LogP contribution is 2.45. The molecule has 2 amide bonds. The lowest BCUT2D eigenvalue weighted by atomic mass is 10.2. The van der Waals surface area contributed by atoms with Crippen molar-refractivity contribution in [2.75, 3.05) is 7.11 Å². The van der Waals surface area contributed by atoms with Crippen molar-refractivity contribution in [2.45, 2.75) is 5.37 Å². The molecule has 0 spiro atoms. The average molecular weight is 433 g/mol. The van der Waals surface area contributed by atoms with Crippen molar-refractivity contribution in [3.8, 4) is 11.5 Å². The third kappa shape index (κ3) is 4.41. The number of hydrogen-bond acceptors (Lipinski definition) is 5. The van der Waals surface area contributed by atoms with E-state index in [2.05, 4.69) is 5.43 Å². The number of carbonyl (C=O) groups excluding carboxylic acids is 2. The molecule has 1 unspecified atom stereocenters. The molecule has 3 aromatic rings. The lowest BCUT2D eigenvalue weighted by Crippen LogP contribution is -2.44. The highest BCUT2D eigenvalue weighted by Gasteiger charge is 2.39. The second-order valence-electron chi connectivity index (χ2n) is 6.80. The molecule has 1 aliphatic heterocycles. The van der Waals surface area contributed by atoms with Gasteiger partial charge in [-0.05, 0) is 41.5 Å². The van der Waals surface area contributed by atoms with Gasteiger partial charge in [-0.2, -0.15) is 0 Å². The first kappa shape index (κ1) is 20.6. The summed E-state index contributed by atoms with van der Waals surface area (Å²) in [4.78, 5) is 26.5. The summed E-state index contributed by atoms with van der Waals surface area (Å²) < 4.78 is 5.22. The predicted molar refractivity (Wildman–Crippen MR) is 120 cm³/mol. The second-order valence-corrected chi connectivity index (χ2v) is 7.92. The minimum atomic E-state index is -0.563. The van der Waals surface area contributed by atoms with Crippen LogP contribution in [0.5, 0.6) is 11.5 Å². The Balaban J connectivity index is 1.67. The summed E-state index contributed by atoms with van der Waals surface area (Å²) in [6, 6.07) is 23.1. The smallest absolute Gasteiger partial charge is 0.280 e. The quantitative estimate of drug-likeness (QED) is 0.586. The van der Waals surface area contributed by atoms with Crippen LogP contribution in [0.3, 0.4) is 0 Å². The van der Waals surface area contributed by atoms with Crippen LogP contribution in [0.15, 0.2) is 83.8 Å². The van der Waals surface area contributed by atoms with E-state index in [0.29, 0.717) is 10.7 Å². The number of nitrogens with one attached hydrogen (secondary N) is 1. The monoisotopic (exact) mass is 432 g/mol. The van der Waals surface area contributed by atoms with Crippen LogP contribution >= 0.6 is 11.8 Å². The van der Waals surface area contributed by atoms with Gasteiger partial charge in [0.1, 0.15) is 16.9 Å². The molecule has 4 rings (SSSR count). The zero-order valence-corrected chi connectivity index (χ0v) is 17.5. The average Bonchev–Trinajstić information content (AvgIpc) is 3.10. The Morgan fingerprint density at radius 2 is 1.71 bits per heavy atom. The summed E-state index contributed by atoms with van der Waals surface area (Å²) in [5.74, 6) is -0.340. The van der Waals surface area contributed by atoms with Gasteiger partial charge in [-0.1, -0.05) is 66.4 Å². The highest BCUT2D eigenvalue weighted by molar-refractivity contribution is 8.04. The number of thioether (sulfide) groups is 1. The number of methoxy groups -OCH3 is 1. The maximum absolute atomic E-state index is 13.2. The second kappa shape index (κ2) is 8.97. The lowest BCUT2D eigenvalue weighted by Gasteiger charge is -2.24. The van der Waals surface area contributed by atoms with E-state index in [-0.39, 0.29) is 17.2 Å². The van der Waals surface area contributed by atoms with E-state index in [4.69, 9.17) is 4.74 Å². The van der Waals surface area contributed by atoms with Gasteiger partial charge in [0, 0.05) is 0 Å². The number of carbonyl (C=O) groups is 2. The molecule has 31 heavy (non-hydrogen) atoms. The summed E-state index contributed by atoms with van der Waals surface area (Å²) in [6.07, 6.45) is 1.80. The molecular weight excluding hydrogens is 412 g/mol. The van der Waals surface area contributed by atoms with Gasteiger partial charge < -0.3 is 9.84 Å². The number of phenolic OH excluding ortho intramolecular Hbond substituents is 1. The predicted octanol–water partition coefficient (Wildman–Crippen LogP) is 4.36. The fourth-order valence-corrected chi connectivity index (χ4v) is 4.37. The molecule has 0 radical (unpaired) electrons. The number of benzene rings is 3. The number of rotatable bonds is 5. The largest absolute Gasteiger partial charge is 0.507 e. The molecule has 6 nitrogen and oxygen atoms in total. The third-order valence-corrected chi connectivity index (χ3v) is 6.02. The Morgan fingerprint density at radius 3 is 2.39 bits per heavy atom. The van der Waals surface area contributed by atoms with Gasteiger partial charge in [0.25, 0.3) is 11.8 Å². The van der Waals surface area contributed by atoms with Crippen LogP contribution in [0.4, 0.5) is 0 Å². The van der Waals surface area contributed by atoms with E-state index in [1.807, 2.05) is 54.6 Å². The van der Waals surface area contributed by atoms with Crippen molar-refractivity contribution in [1.29, 1.82) is 0 Å². The Kier molecular flexibility index (Phi) is 5.95. The van der Waals surface area contributed by atoms with E-state index < -0.39 is 11.3 Å². The topological polar surface area (TPSA) is 78.9 Å². The number of nitrogens with zero attached hydrogens (tertiary/aromatic N) is 1. The molecule has 0 bridgehead atoms. The van der Waals surface area contributed by atoms with Gasteiger partial charge in [0.15, 0.2) is 0 Å². The number of aromatic hydroxyl groups is 1. The highest BCUT2D eigenvalue weighted by atomic mass is 32.2. The van der Waals surface area contributed by atoms with Crippen molar-refractivity contribution in [2.24, 2.45) is 0 Å². The number of para-hydroxylation sites is 1. The summed E-state index contributed by atoms with van der Waals surface area (Å²) in [6.45, 7) is 0. The molecule has 1 fully saturated rings. The molecule has 2 N–H and O–H groups in total. The summed E-state index contributed by atoms with van der Waals surface area (Å²) in [5, 5.41) is 10.8. The first-order chi connectivity index (χ1) is 15.1. The van der Waals surface area contributed by atoms with Gasteiger partial charge in [-0.15, -0.1) is 0 Å². The maximum atomic E-state index is 13.2. The molecule has 1 heterocycles. The zero-order chi connectivity index (χ0) is 21.8. The van der Waals surface area contributed by atoms with Gasteiger partial charge in [0.05, 0.1) is 17.6 Å². The van der Waals surface area contributed by atoms with Gasteiger partial charge in [-0.25, -0.2) is 5.01 Å². The Bertz CT molecular complexity index is 1130. The molecule has 156 valence electrons. The number of hydrogen-bond donors (Lipinski definition) is 2. The van der Waals surface area contributed by atoms with E-state index in [0.717, 1.165) is 11.1 Å². The van der Waals surface area contributed by atoms with Crippen LogP contribution in [-0.4, -0.2) is 29.0 Å². The maximum Gasteiger partial charge on any atom is 0.280 e. The molecule has 3 aromatic carbocycles. The van der Waals surface area contributed by atoms with Crippen LogP contribution < -0.4 is 10.2 Å². The molecule has 0 saturated carbocycles. The van der Waals surface area contributed by atoms with Crippen LogP contribution in [0, 0.1) is 0 Å². The fraction of sp³-hybridized carbons (Fsp3) is 0.0833. The van der Waals surface area contributed by atoms with Gasteiger partial charge in [-0.3, -0.25) is 15.0 Å². The van der Waals surface area contributed by atoms with Crippen LogP contribution in [0.2, 0.25) is 0 Å². The normalized spacial score (nSPS) is 17.1. The van der Waals surface area contributed by atoms with Gasteiger partial charge in [0.2, 0.25) is 0 Å². The Labute approximate surface area is 184 Å². The fourth-order valence-electron chi connectivity index (χ4n) is 3.18. The van der Waals surface area contributed by atoms with Crippen LogP contribution in [0.25, 0.3) is 6.08 Å². The zero-order valence-electron chi connectivity index (χ0n) is 16.7. The Morgan fingerprint density at radius 1 is 1.03 bits per heavy atom. The van der Waals surface area contributed by atoms with E-state index in [1.165, 1.54) is 28.9 Å². The summed E-state index contributed by atoms with van der Waals surface area (Å²) in [5.41, 5.74) is 4.48. The van der Waals surface area contributed by atoms with Crippen molar-refractivity contribution in [3.05, 3.63) is 100 Å². The van der Waals surface area contributed by atoms with E-state index >= 15 is 0 Å². The minimum Gasteiger partial charge on any atom is -0.507 e. The first-order valence-electron chi connectivity index (χ1n) is 9.56.